The highest BCUT2D eigenvalue weighted by Crippen LogP contribution is 2.42. The van der Waals surface area contributed by atoms with Crippen molar-refractivity contribution < 1.29 is 18.0 Å². The summed E-state index contributed by atoms with van der Waals surface area (Å²) in [6.07, 6.45) is 5.28. The minimum atomic E-state index is -4.44. The largest absolute Gasteiger partial charge is 0.435 e. The number of nitrogens with zero attached hydrogens (tertiary/aromatic N) is 2. The van der Waals surface area contributed by atoms with Gasteiger partial charge in [-0.25, -0.2) is 0 Å². The fraction of sp³-hybridized carbons (Fsp3) is 0.667. The maximum atomic E-state index is 12.8. The predicted molar refractivity (Wildman–Crippen MR) is 88.0 cm³/mol. The van der Waals surface area contributed by atoms with Crippen LogP contribution in [0.4, 0.5) is 13.2 Å². The van der Waals surface area contributed by atoms with Crippen LogP contribution < -0.4 is 5.32 Å². The second kappa shape index (κ2) is 7.62. The van der Waals surface area contributed by atoms with Crippen LogP contribution in [0.25, 0.3) is 0 Å². The number of alkyl halides is 3. The molecule has 1 saturated carbocycles. The average molecular weight is 355 g/mol. The molecule has 3 rings (SSSR count). The molecule has 0 unspecified atom stereocenters. The number of rotatable bonds is 7. The van der Waals surface area contributed by atoms with Crippen molar-refractivity contribution in [3.05, 3.63) is 29.1 Å². The predicted octanol–water partition coefficient (Wildman–Crippen LogP) is 4.18. The smallest absolute Gasteiger partial charge is 0.356 e. The number of hydrogen-bond donors (Lipinski definition) is 1. The molecular weight excluding hydrogens is 331 g/mol. The highest BCUT2D eigenvalue weighted by Gasteiger charge is 2.37. The molecule has 1 fully saturated rings. The number of amides is 1. The molecule has 2 aliphatic carbocycles. The quantitative estimate of drug-likeness (QED) is 0.746. The van der Waals surface area contributed by atoms with Crippen LogP contribution in [0.15, 0.2) is 17.7 Å². The highest BCUT2D eigenvalue weighted by molar-refractivity contribution is 5.75. The minimum absolute atomic E-state index is 0.137. The van der Waals surface area contributed by atoms with E-state index in [4.69, 9.17) is 0 Å². The Kier molecular flexibility index (Phi) is 5.49. The molecule has 1 heterocycles. The normalized spacial score (nSPS) is 18.1. The fourth-order valence-electron chi connectivity index (χ4n) is 3.25. The summed E-state index contributed by atoms with van der Waals surface area (Å²) in [5.41, 5.74) is 1.14. The molecular formula is C18H24F3N3O. The first kappa shape index (κ1) is 18.0. The number of aryl methyl sites for hydroxylation is 1. The van der Waals surface area contributed by atoms with Crippen LogP contribution in [0.1, 0.15) is 68.7 Å². The van der Waals surface area contributed by atoms with Crippen molar-refractivity contribution in [2.24, 2.45) is 0 Å². The average Bonchev–Trinajstić information content (AvgIpc) is 3.32. The third-order valence-corrected chi connectivity index (χ3v) is 4.80. The SMILES string of the molecule is O=C(CCn1nc(C(F)(F)F)cc1C1CC1)NCCC1=CCCCC1. The molecule has 1 aromatic heterocycles. The molecule has 0 atom stereocenters. The molecule has 7 heteroatoms. The summed E-state index contributed by atoms with van der Waals surface area (Å²) in [6.45, 7) is 0.781. The first-order valence-corrected chi connectivity index (χ1v) is 9.03. The second-order valence-electron chi connectivity index (χ2n) is 6.91. The number of allylic oxidation sites excluding steroid dienone is 1. The maximum absolute atomic E-state index is 12.8. The van der Waals surface area contributed by atoms with E-state index in [0.29, 0.717) is 12.2 Å². The Morgan fingerprint density at radius 1 is 1.32 bits per heavy atom. The fourth-order valence-corrected chi connectivity index (χ4v) is 3.25. The number of hydrogen-bond acceptors (Lipinski definition) is 2. The van der Waals surface area contributed by atoms with Crippen molar-refractivity contribution in [2.45, 2.75) is 70.0 Å². The van der Waals surface area contributed by atoms with Crippen LogP contribution in [0.5, 0.6) is 0 Å². The van der Waals surface area contributed by atoms with Gasteiger partial charge >= 0.3 is 6.18 Å². The van der Waals surface area contributed by atoms with E-state index < -0.39 is 11.9 Å². The molecule has 2 aliphatic rings. The van der Waals surface area contributed by atoms with Crippen molar-refractivity contribution >= 4 is 5.91 Å². The molecule has 0 spiro atoms. The summed E-state index contributed by atoms with van der Waals surface area (Å²) in [4.78, 5) is 12.0. The van der Waals surface area contributed by atoms with Crippen LogP contribution >= 0.6 is 0 Å². The van der Waals surface area contributed by atoms with Crippen LogP contribution in [-0.4, -0.2) is 22.2 Å². The van der Waals surface area contributed by atoms with Crippen LogP contribution in [0.3, 0.4) is 0 Å². The molecule has 1 amide bonds. The Morgan fingerprint density at radius 3 is 2.76 bits per heavy atom. The second-order valence-corrected chi connectivity index (χ2v) is 6.91. The molecule has 1 N–H and O–H groups in total. The van der Waals surface area contributed by atoms with Crippen molar-refractivity contribution in [1.82, 2.24) is 15.1 Å². The summed E-state index contributed by atoms with van der Waals surface area (Å²) < 4.78 is 39.9. The van der Waals surface area contributed by atoms with E-state index in [-0.39, 0.29) is 24.8 Å². The lowest BCUT2D eigenvalue weighted by Crippen LogP contribution is -2.26. The molecule has 0 aromatic carbocycles. The lowest BCUT2D eigenvalue weighted by molar-refractivity contribution is -0.141. The Hall–Kier alpha value is -1.79. The first-order valence-electron chi connectivity index (χ1n) is 9.03. The van der Waals surface area contributed by atoms with E-state index in [0.717, 1.165) is 38.2 Å². The van der Waals surface area contributed by atoms with Crippen LogP contribution in [0.2, 0.25) is 0 Å². The number of carbonyl (C=O) groups excluding carboxylic acids is 1. The van der Waals surface area contributed by atoms with Gasteiger partial charge in [-0.3, -0.25) is 9.48 Å². The van der Waals surface area contributed by atoms with E-state index in [1.54, 1.807) is 0 Å². The Labute approximate surface area is 145 Å². The Balaban J connectivity index is 1.48. The zero-order valence-electron chi connectivity index (χ0n) is 14.2. The van der Waals surface area contributed by atoms with Gasteiger partial charge in [0, 0.05) is 31.1 Å². The summed E-state index contributed by atoms with van der Waals surface area (Å²) >= 11 is 0. The molecule has 138 valence electrons. The van der Waals surface area contributed by atoms with Gasteiger partial charge in [-0.05, 0) is 51.0 Å². The summed E-state index contributed by atoms with van der Waals surface area (Å²) in [5, 5.41) is 6.53. The molecule has 0 radical (unpaired) electrons. The molecule has 0 bridgehead atoms. The zero-order chi connectivity index (χ0) is 17.9. The third-order valence-electron chi connectivity index (χ3n) is 4.80. The van der Waals surface area contributed by atoms with Crippen LogP contribution in [0, 0.1) is 0 Å². The number of carbonyl (C=O) groups is 1. The Morgan fingerprint density at radius 2 is 2.12 bits per heavy atom. The molecule has 1 aromatic rings. The van der Waals surface area contributed by atoms with Gasteiger partial charge in [-0.15, -0.1) is 0 Å². The maximum Gasteiger partial charge on any atom is 0.435 e. The van der Waals surface area contributed by atoms with E-state index in [1.807, 2.05) is 0 Å². The summed E-state index contributed by atoms with van der Waals surface area (Å²) in [5.74, 6) is 0.0205. The molecule has 0 aliphatic heterocycles. The van der Waals surface area contributed by atoms with E-state index in [1.165, 1.54) is 23.1 Å². The monoisotopic (exact) mass is 355 g/mol. The highest BCUT2D eigenvalue weighted by atomic mass is 19.4. The lowest BCUT2D eigenvalue weighted by Gasteiger charge is -2.13. The number of halogens is 3. The molecule has 4 nitrogen and oxygen atoms in total. The molecule has 0 saturated heterocycles. The van der Waals surface area contributed by atoms with Crippen LogP contribution in [-0.2, 0) is 17.5 Å². The number of nitrogens with one attached hydrogen (secondary N) is 1. The number of aromatic nitrogens is 2. The third kappa shape index (κ3) is 5.09. The summed E-state index contributed by atoms with van der Waals surface area (Å²) in [7, 11) is 0. The van der Waals surface area contributed by atoms with E-state index >= 15 is 0 Å². The van der Waals surface area contributed by atoms with Crippen molar-refractivity contribution in [3.8, 4) is 0 Å². The van der Waals surface area contributed by atoms with Gasteiger partial charge in [-0.1, -0.05) is 11.6 Å². The van der Waals surface area contributed by atoms with Crippen molar-refractivity contribution in [2.75, 3.05) is 6.54 Å². The lowest BCUT2D eigenvalue weighted by atomic mass is 9.97. The van der Waals surface area contributed by atoms with Crippen molar-refractivity contribution in [3.63, 3.8) is 0 Å². The van der Waals surface area contributed by atoms with Gasteiger partial charge in [0.2, 0.25) is 5.91 Å². The zero-order valence-corrected chi connectivity index (χ0v) is 14.2. The van der Waals surface area contributed by atoms with Gasteiger partial charge in [0.1, 0.15) is 0 Å². The minimum Gasteiger partial charge on any atom is -0.356 e. The van der Waals surface area contributed by atoms with Gasteiger partial charge in [0.05, 0.1) is 0 Å². The van der Waals surface area contributed by atoms with Gasteiger partial charge in [0.15, 0.2) is 5.69 Å². The topological polar surface area (TPSA) is 46.9 Å². The first-order chi connectivity index (χ1) is 11.9. The Bertz CT molecular complexity index is 644. The van der Waals surface area contributed by atoms with Crippen molar-refractivity contribution in [1.29, 1.82) is 0 Å². The van der Waals surface area contributed by atoms with E-state index in [9.17, 15) is 18.0 Å². The van der Waals surface area contributed by atoms with Gasteiger partial charge in [-0.2, -0.15) is 18.3 Å². The standard InChI is InChI=1S/C18H24F3N3O/c19-18(20,21)16-12-15(14-6-7-14)24(23-16)11-9-17(25)22-10-8-13-4-2-1-3-5-13/h4,12,14H,1-3,5-11H2,(H,22,25). The molecule has 25 heavy (non-hydrogen) atoms. The summed E-state index contributed by atoms with van der Waals surface area (Å²) in [6, 6.07) is 1.13. The van der Waals surface area contributed by atoms with Gasteiger partial charge in [0.25, 0.3) is 0 Å². The van der Waals surface area contributed by atoms with Gasteiger partial charge < -0.3 is 5.32 Å². The van der Waals surface area contributed by atoms with E-state index in [2.05, 4.69) is 16.5 Å².